The maximum atomic E-state index is 5.81. The molecule has 0 saturated carbocycles. The summed E-state index contributed by atoms with van der Waals surface area (Å²) in [5.74, 6) is 0. The summed E-state index contributed by atoms with van der Waals surface area (Å²) in [6, 6.07) is 16.9. The van der Waals surface area contributed by atoms with Crippen LogP contribution in [0, 0.1) is 0 Å². The molecule has 0 aliphatic carbocycles. The average molecular weight is 467 g/mol. The van der Waals surface area contributed by atoms with Crippen LogP contribution >= 0.6 is 0 Å². The highest BCUT2D eigenvalue weighted by Crippen LogP contribution is 2.40. The van der Waals surface area contributed by atoms with Crippen molar-refractivity contribution in [1.29, 1.82) is 0 Å². The second-order valence-electron chi connectivity index (χ2n) is 8.07. The lowest BCUT2D eigenvalue weighted by Crippen LogP contribution is -2.20. The minimum Gasteiger partial charge on any atom is -0.379 e. The molecule has 8 nitrogen and oxygen atoms in total. The van der Waals surface area contributed by atoms with Crippen LogP contribution in [0.15, 0.2) is 48.5 Å². The molecular weight excluding hydrogens is 432 g/mol. The molecule has 0 fully saturated rings. The van der Waals surface area contributed by atoms with Crippen LogP contribution in [0.4, 0.5) is 5.69 Å². The Bertz CT molecular complexity index is 1040. The van der Waals surface area contributed by atoms with Crippen LogP contribution in [-0.2, 0) is 32.0 Å². The van der Waals surface area contributed by atoms with Crippen molar-refractivity contribution in [2.24, 2.45) is 0 Å². The van der Waals surface area contributed by atoms with Gasteiger partial charge in [-0.15, -0.1) is 5.10 Å². The topological polar surface area (TPSA) is 70.9 Å². The number of para-hydroxylation sites is 1. The smallest absolute Gasteiger partial charge is 0.123 e. The third-order valence-corrected chi connectivity index (χ3v) is 5.75. The number of anilines is 1. The highest BCUT2D eigenvalue weighted by molar-refractivity contribution is 5.87. The Kier molecular flexibility index (Phi) is 9.04. The molecule has 0 atom stereocenters. The van der Waals surface area contributed by atoms with E-state index < -0.39 is 0 Å². The molecule has 1 aliphatic heterocycles. The second kappa shape index (κ2) is 12.6. The molecule has 0 spiro atoms. The molecule has 182 valence electrons. The van der Waals surface area contributed by atoms with E-state index in [0.29, 0.717) is 59.4 Å². The highest BCUT2D eigenvalue weighted by Gasteiger charge is 2.24. The van der Waals surface area contributed by atoms with Crippen molar-refractivity contribution in [3.8, 4) is 22.5 Å². The first-order valence-electron chi connectivity index (χ1n) is 11.9. The zero-order valence-electron chi connectivity index (χ0n) is 20.1. The summed E-state index contributed by atoms with van der Waals surface area (Å²) in [7, 11) is 2.12. The third kappa shape index (κ3) is 6.01. The number of nitrogens with zero attached hydrogens (tertiary/aromatic N) is 4. The van der Waals surface area contributed by atoms with Crippen molar-refractivity contribution in [1.82, 2.24) is 15.0 Å². The van der Waals surface area contributed by atoms with Crippen LogP contribution in [0.5, 0.6) is 0 Å². The van der Waals surface area contributed by atoms with Gasteiger partial charge in [-0.2, -0.15) is 0 Å². The molecule has 1 aromatic heterocycles. The summed E-state index contributed by atoms with van der Waals surface area (Å²) in [6.45, 7) is 8.06. The van der Waals surface area contributed by atoms with Crippen LogP contribution in [0.3, 0.4) is 0 Å². The molecule has 4 rings (SSSR count). The molecule has 0 amide bonds. The van der Waals surface area contributed by atoms with Crippen molar-refractivity contribution in [2.75, 3.05) is 64.8 Å². The summed E-state index contributed by atoms with van der Waals surface area (Å²) in [6.07, 6.45) is 0. The fraction of sp³-hybridized carbons (Fsp3) is 0.462. The maximum absolute atomic E-state index is 5.81. The van der Waals surface area contributed by atoms with Crippen LogP contribution in [0.1, 0.15) is 12.5 Å². The number of fused-ring (bicyclic) bond motifs is 5. The number of benzene rings is 2. The first-order chi connectivity index (χ1) is 16.8. The van der Waals surface area contributed by atoms with Crippen LogP contribution in [0.25, 0.3) is 22.5 Å². The normalized spacial score (nSPS) is 12.6. The fourth-order valence-corrected chi connectivity index (χ4v) is 4.11. The zero-order chi connectivity index (χ0) is 23.6. The zero-order valence-corrected chi connectivity index (χ0v) is 20.1. The molecule has 0 radical (unpaired) electrons. The number of hydrogen-bond acceptors (Lipinski definition) is 7. The van der Waals surface area contributed by atoms with Crippen molar-refractivity contribution >= 4 is 5.69 Å². The van der Waals surface area contributed by atoms with Gasteiger partial charge in [-0.1, -0.05) is 47.7 Å². The summed E-state index contributed by atoms with van der Waals surface area (Å²) < 4.78 is 24.0. The third-order valence-electron chi connectivity index (χ3n) is 5.75. The lowest BCUT2D eigenvalue weighted by molar-refractivity contribution is -0.00147. The van der Waals surface area contributed by atoms with Gasteiger partial charge in [0.05, 0.1) is 58.5 Å². The monoisotopic (exact) mass is 466 g/mol. The number of aromatic nitrogens is 3. The van der Waals surface area contributed by atoms with Crippen LogP contribution in [0.2, 0.25) is 0 Å². The van der Waals surface area contributed by atoms with Crippen molar-refractivity contribution in [3.63, 3.8) is 0 Å². The maximum Gasteiger partial charge on any atom is 0.123 e. The van der Waals surface area contributed by atoms with Gasteiger partial charge in [0, 0.05) is 37.0 Å². The lowest BCUT2D eigenvalue weighted by Gasteiger charge is -2.26. The van der Waals surface area contributed by atoms with Crippen molar-refractivity contribution in [2.45, 2.75) is 20.0 Å². The highest BCUT2D eigenvalue weighted by atomic mass is 16.6. The summed E-state index contributed by atoms with van der Waals surface area (Å²) in [5, 5.41) is 9.09. The van der Waals surface area contributed by atoms with Gasteiger partial charge in [-0.05, 0) is 18.6 Å². The minimum atomic E-state index is 0.528. The largest absolute Gasteiger partial charge is 0.379 e. The predicted octanol–water partition coefficient (Wildman–Crippen LogP) is 3.65. The second-order valence-corrected chi connectivity index (χ2v) is 8.07. The number of rotatable bonds is 13. The molecule has 3 aromatic rings. The SMILES string of the molecule is CCOCCOCCOCCOCCn1nnc2c1-c1ccccc1CN(C)c1ccccc1-2. The van der Waals surface area contributed by atoms with Crippen molar-refractivity contribution in [3.05, 3.63) is 54.1 Å². The van der Waals surface area contributed by atoms with Gasteiger partial charge in [0.2, 0.25) is 0 Å². The van der Waals surface area contributed by atoms with Crippen LogP contribution < -0.4 is 4.90 Å². The van der Waals surface area contributed by atoms with Gasteiger partial charge in [0.1, 0.15) is 5.69 Å². The summed E-state index contributed by atoms with van der Waals surface area (Å²) >= 11 is 0. The Hall–Kier alpha value is -2.78. The Morgan fingerprint density at radius 3 is 2.12 bits per heavy atom. The van der Waals surface area contributed by atoms with Gasteiger partial charge in [0.25, 0.3) is 0 Å². The molecule has 2 aromatic carbocycles. The van der Waals surface area contributed by atoms with E-state index in [1.807, 2.05) is 11.6 Å². The molecule has 0 unspecified atom stereocenters. The van der Waals surface area contributed by atoms with E-state index in [1.165, 1.54) is 5.56 Å². The van der Waals surface area contributed by atoms with Gasteiger partial charge < -0.3 is 23.8 Å². The number of ether oxygens (including phenoxy) is 4. The number of hydrogen-bond donors (Lipinski definition) is 0. The Morgan fingerprint density at radius 2 is 1.38 bits per heavy atom. The average Bonchev–Trinajstić information content (AvgIpc) is 3.27. The summed E-state index contributed by atoms with van der Waals surface area (Å²) in [5.41, 5.74) is 6.61. The first-order valence-corrected chi connectivity index (χ1v) is 11.9. The Labute approximate surface area is 201 Å². The molecule has 1 aliphatic rings. The fourth-order valence-electron chi connectivity index (χ4n) is 4.11. The van der Waals surface area contributed by atoms with Crippen LogP contribution in [-0.4, -0.2) is 74.9 Å². The Balaban J connectivity index is 1.34. The van der Waals surface area contributed by atoms with Gasteiger partial charge in [-0.25, -0.2) is 4.68 Å². The Morgan fingerprint density at radius 1 is 0.765 bits per heavy atom. The van der Waals surface area contributed by atoms with E-state index in [4.69, 9.17) is 18.9 Å². The standard InChI is InChI=1S/C26H34N4O4/c1-3-31-14-15-33-18-19-34-17-16-32-13-12-30-26-22-9-5-4-8-21(22)20-29(2)24-11-7-6-10-23(24)25(26)27-28-30/h4-11H,3,12-20H2,1-2H3. The van der Waals surface area contributed by atoms with E-state index in [9.17, 15) is 0 Å². The van der Waals surface area contributed by atoms with Gasteiger partial charge >= 0.3 is 0 Å². The summed E-state index contributed by atoms with van der Waals surface area (Å²) in [4.78, 5) is 2.27. The first kappa shape index (κ1) is 24.3. The van der Waals surface area contributed by atoms with Gasteiger partial charge in [0.15, 0.2) is 0 Å². The molecule has 8 heteroatoms. The molecular formula is C26H34N4O4. The molecule has 2 heterocycles. The molecule has 0 N–H and O–H groups in total. The molecule has 0 bridgehead atoms. The lowest BCUT2D eigenvalue weighted by atomic mass is 9.96. The minimum absolute atomic E-state index is 0.528. The van der Waals surface area contributed by atoms with Crippen molar-refractivity contribution < 1.29 is 18.9 Å². The van der Waals surface area contributed by atoms with E-state index in [-0.39, 0.29) is 0 Å². The molecule has 34 heavy (non-hydrogen) atoms. The predicted molar refractivity (Wildman–Crippen MR) is 132 cm³/mol. The van der Waals surface area contributed by atoms with E-state index >= 15 is 0 Å². The molecule has 0 saturated heterocycles. The van der Waals surface area contributed by atoms with E-state index in [1.54, 1.807) is 0 Å². The van der Waals surface area contributed by atoms with E-state index in [0.717, 1.165) is 34.7 Å². The van der Waals surface area contributed by atoms with Gasteiger partial charge in [-0.3, -0.25) is 0 Å². The van der Waals surface area contributed by atoms with E-state index in [2.05, 4.69) is 70.8 Å². The quantitative estimate of drug-likeness (QED) is 0.356.